The molecule has 90 valence electrons. The summed E-state index contributed by atoms with van der Waals surface area (Å²) in [6.45, 7) is 4.15. The van der Waals surface area contributed by atoms with Crippen molar-refractivity contribution in [1.82, 2.24) is 0 Å². The van der Waals surface area contributed by atoms with E-state index in [1.54, 1.807) is 7.11 Å². The second kappa shape index (κ2) is 6.81. The van der Waals surface area contributed by atoms with Crippen LogP contribution in [0.2, 0.25) is 0 Å². The van der Waals surface area contributed by atoms with E-state index in [-0.39, 0.29) is 0 Å². The summed E-state index contributed by atoms with van der Waals surface area (Å²) in [6, 6.07) is 5.91. The number of rotatable bonds is 6. The Balaban J connectivity index is 2.72. The van der Waals surface area contributed by atoms with E-state index < -0.39 is 6.10 Å². The zero-order chi connectivity index (χ0) is 12.0. The molecule has 0 bridgehead atoms. The van der Waals surface area contributed by atoms with E-state index in [2.05, 4.69) is 6.92 Å². The number of thioether (sulfide) groups is 1. The predicted octanol–water partition coefficient (Wildman–Crippen LogP) is 3.18. The summed E-state index contributed by atoms with van der Waals surface area (Å²) >= 11 is 1.85. The van der Waals surface area contributed by atoms with Crippen LogP contribution in [0, 0.1) is 6.92 Å². The number of benzene rings is 1. The van der Waals surface area contributed by atoms with E-state index in [1.165, 1.54) is 0 Å². The van der Waals surface area contributed by atoms with Crippen molar-refractivity contribution in [2.45, 2.75) is 26.4 Å². The Bertz CT molecular complexity index is 326. The van der Waals surface area contributed by atoms with Crippen molar-refractivity contribution in [2.24, 2.45) is 0 Å². The van der Waals surface area contributed by atoms with E-state index in [0.29, 0.717) is 0 Å². The van der Waals surface area contributed by atoms with Crippen molar-refractivity contribution < 1.29 is 9.84 Å². The number of ether oxygens (including phenoxy) is 1. The molecule has 16 heavy (non-hydrogen) atoms. The third-order valence-electron chi connectivity index (χ3n) is 2.48. The van der Waals surface area contributed by atoms with Gasteiger partial charge in [-0.05, 0) is 37.0 Å². The summed E-state index contributed by atoms with van der Waals surface area (Å²) < 4.78 is 5.26. The number of methoxy groups -OCH3 is 1. The molecule has 0 aliphatic rings. The van der Waals surface area contributed by atoms with Gasteiger partial charge in [0.05, 0.1) is 13.2 Å². The molecule has 1 aromatic rings. The van der Waals surface area contributed by atoms with Crippen LogP contribution >= 0.6 is 11.8 Å². The van der Waals surface area contributed by atoms with Crippen LogP contribution in [0.4, 0.5) is 0 Å². The Kier molecular flexibility index (Phi) is 5.71. The van der Waals surface area contributed by atoms with E-state index in [0.717, 1.165) is 34.8 Å². The van der Waals surface area contributed by atoms with Crippen LogP contribution in [0.1, 0.15) is 30.6 Å². The summed E-state index contributed by atoms with van der Waals surface area (Å²) in [7, 11) is 1.64. The first-order valence-corrected chi connectivity index (χ1v) is 6.74. The smallest absolute Gasteiger partial charge is 0.124 e. The minimum absolute atomic E-state index is 0.422. The molecule has 0 aliphatic heterocycles. The molecule has 0 aromatic heterocycles. The summed E-state index contributed by atoms with van der Waals surface area (Å²) in [5.41, 5.74) is 2.05. The fraction of sp³-hybridized carbons (Fsp3) is 0.538. The maximum absolute atomic E-state index is 10.1. The van der Waals surface area contributed by atoms with Gasteiger partial charge in [-0.15, -0.1) is 0 Å². The summed E-state index contributed by atoms with van der Waals surface area (Å²) in [5, 5.41) is 10.1. The van der Waals surface area contributed by atoms with Gasteiger partial charge in [0.25, 0.3) is 0 Å². The molecule has 0 saturated heterocycles. The highest BCUT2D eigenvalue weighted by Crippen LogP contribution is 2.28. The lowest BCUT2D eigenvalue weighted by atomic mass is 10.0. The molecular formula is C13H20O2S. The summed E-state index contributed by atoms with van der Waals surface area (Å²) in [5.74, 6) is 2.85. The van der Waals surface area contributed by atoms with Gasteiger partial charge in [-0.1, -0.05) is 18.6 Å². The molecule has 0 radical (unpaired) electrons. The largest absolute Gasteiger partial charge is 0.496 e. The minimum atomic E-state index is -0.422. The molecule has 0 spiro atoms. The Morgan fingerprint density at radius 3 is 2.81 bits per heavy atom. The molecule has 2 nitrogen and oxygen atoms in total. The highest BCUT2D eigenvalue weighted by molar-refractivity contribution is 7.99. The van der Waals surface area contributed by atoms with Gasteiger partial charge in [-0.2, -0.15) is 11.8 Å². The molecular weight excluding hydrogens is 220 g/mol. The van der Waals surface area contributed by atoms with E-state index in [1.807, 2.05) is 36.9 Å². The maximum Gasteiger partial charge on any atom is 0.124 e. The van der Waals surface area contributed by atoms with Crippen molar-refractivity contribution in [3.63, 3.8) is 0 Å². The number of hydrogen-bond donors (Lipinski definition) is 1. The molecule has 0 aliphatic carbocycles. The first kappa shape index (κ1) is 13.4. The van der Waals surface area contributed by atoms with E-state index >= 15 is 0 Å². The van der Waals surface area contributed by atoms with Gasteiger partial charge in [0.15, 0.2) is 0 Å². The Hall–Kier alpha value is -0.670. The monoisotopic (exact) mass is 240 g/mol. The number of aryl methyl sites for hydroxylation is 1. The van der Waals surface area contributed by atoms with Crippen LogP contribution < -0.4 is 4.74 Å². The average molecular weight is 240 g/mol. The Morgan fingerprint density at radius 2 is 2.19 bits per heavy atom. The summed E-state index contributed by atoms with van der Waals surface area (Å²) in [4.78, 5) is 0. The standard InChI is InChI=1S/C13H20O2S/c1-4-16-8-7-12(14)11-9-10(2)5-6-13(11)15-3/h5-6,9,12,14H,4,7-8H2,1-3H3. The zero-order valence-electron chi connectivity index (χ0n) is 10.2. The summed E-state index contributed by atoms with van der Waals surface area (Å²) in [6.07, 6.45) is 0.354. The molecule has 0 fully saturated rings. The Morgan fingerprint density at radius 1 is 1.44 bits per heavy atom. The molecule has 1 N–H and O–H groups in total. The minimum Gasteiger partial charge on any atom is -0.496 e. The number of aliphatic hydroxyl groups is 1. The lowest BCUT2D eigenvalue weighted by Gasteiger charge is -2.15. The highest BCUT2D eigenvalue weighted by Gasteiger charge is 2.12. The predicted molar refractivity (Wildman–Crippen MR) is 70.3 cm³/mol. The lowest BCUT2D eigenvalue weighted by Crippen LogP contribution is -2.02. The highest BCUT2D eigenvalue weighted by atomic mass is 32.2. The van der Waals surface area contributed by atoms with Crippen molar-refractivity contribution in [1.29, 1.82) is 0 Å². The third kappa shape index (κ3) is 3.72. The topological polar surface area (TPSA) is 29.5 Å². The molecule has 0 heterocycles. The van der Waals surface area contributed by atoms with Crippen LogP contribution in [-0.2, 0) is 0 Å². The van der Waals surface area contributed by atoms with Crippen molar-refractivity contribution in [3.05, 3.63) is 29.3 Å². The van der Waals surface area contributed by atoms with E-state index in [9.17, 15) is 5.11 Å². The van der Waals surface area contributed by atoms with Crippen molar-refractivity contribution >= 4 is 11.8 Å². The van der Waals surface area contributed by atoms with Crippen LogP contribution in [0.5, 0.6) is 5.75 Å². The molecule has 1 atom stereocenters. The van der Waals surface area contributed by atoms with E-state index in [4.69, 9.17) is 4.74 Å². The number of hydrogen-bond acceptors (Lipinski definition) is 3. The SMILES string of the molecule is CCSCCC(O)c1cc(C)ccc1OC. The fourth-order valence-corrected chi connectivity index (χ4v) is 2.29. The number of aliphatic hydroxyl groups excluding tert-OH is 1. The average Bonchev–Trinajstić information content (AvgIpc) is 2.29. The van der Waals surface area contributed by atoms with Gasteiger partial charge in [0.1, 0.15) is 5.75 Å². The van der Waals surface area contributed by atoms with Crippen molar-refractivity contribution in [2.75, 3.05) is 18.6 Å². The van der Waals surface area contributed by atoms with Gasteiger partial charge in [0, 0.05) is 5.56 Å². The molecule has 1 rings (SSSR count). The first-order valence-electron chi connectivity index (χ1n) is 5.59. The van der Waals surface area contributed by atoms with Gasteiger partial charge in [-0.25, -0.2) is 0 Å². The van der Waals surface area contributed by atoms with Crippen LogP contribution in [-0.4, -0.2) is 23.7 Å². The molecule has 1 unspecified atom stereocenters. The quantitative estimate of drug-likeness (QED) is 0.774. The molecule has 1 aromatic carbocycles. The van der Waals surface area contributed by atoms with Crippen molar-refractivity contribution in [3.8, 4) is 5.75 Å². The zero-order valence-corrected chi connectivity index (χ0v) is 11.0. The lowest BCUT2D eigenvalue weighted by molar-refractivity contribution is 0.170. The van der Waals surface area contributed by atoms with Gasteiger partial charge in [-0.3, -0.25) is 0 Å². The molecule has 0 saturated carbocycles. The van der Waals surface area contributed by atoms with Gasteiger partial charge < -0.3 is 9.84 Å². The van der Waals surface area contributed by atoms with Crippen LogP contribution in [0.3, 0.4) is 0 Å². The Labute approximate surface area is 102 Å². The van der Waals surface area contributed by atoms with Gasteiger partial charge >= 0.3 is 0 Å². The normalized spacial score (nSPS) is 12.5. The first-order chi connectivity index (χ1) is 7.69. The van der Waals surface area contributed by atoms with Crippen LogP contribution in [0.25, 0.3) is 0 Å². The van der Waals surface area contributed by atoms with Crippen LogP contribution in [0.15, 0.2) is 18.2 Å². The van der Waals surface area contributed by atoms with Gasteiger partial charge in [0.2, 0.25) is 0 Å². The second-order valence-electron chi connectivity index (χ2n) is 3.75. The maximum atomic E-state index is 10.1. The molecule has 3 heteroatoms. The second-order valence-corrected chi connectivity index (χ2v) is 5.14. The third-order valence-corrected chi connectivity index (χ3v) is 3.42. The fourth-order valence-electron chi connectivity index (χ4n) is 1.61. The molecule has 0 amide bonds.